The minimum absolute atomic E-state index is 0.151. The smallest absolute Gasteiger partial charge is 0.255 e. The lowest BCUT2D eigenvalue weighted by atomic mass is 10.1. The molecular formula is C26H35N3O3. The first kappa shape index (κ1) is 23.6. The molecule has 0 bridgehead atoms. The fourth-order valence-corrected chi connectivity index (χ4v) is 3.95. The zero-order valence-corrected chi connectivity index (χ0v) is 19.3. The zero-order chi connectivity index (χ0) is 22.8. The highest BCUT2D eigenvalue weighted by molar-refractivity contribution is 6.04. The van der Waals surface area contributed by atoms with Gasteiger partial charge in [0.1, 0.15) is 5.75 Å². The molecule has 1 aliphatic heterocycles. The Morgan fingerprint density at radius 3 is 2.16 bits per heavy atom. The second kappa shape index (κ2) is 12.1. The molecule has 6 nitrogen and oxygen atoms in total. The van der Waals surface area contributed by atoms with Gasteiger partial charge in [0, 0.05) is 49.5 Å². The van der Waals surface area contributed by atoms with E-state index in [1.54, 1.807) is 31.4 Å². The molecule has 1 saturated heterocycles. The van der Waals surface area contributed by atoms with E-state index in [1.807, 2.05) is 29.2 Å². The second-order valence-corrected chi connectivity index (χ2v) is 8.26. The second-order valence-electron chi connectivity index (χ2n) is 8.26. The van der Waals surface area contributed by atoms with E-state index in [1.165, 1.54) is 19.3 Å². The number of benzene rings is 2. The van der Waals surface area contributed by atoms with Crippen molar-refractivity contribution in [2.45, 2.75) is 45.4 Å². The van der Waals surface area contributed by atoms with Crippen LogP contribution in [-0.2, 0) is 4.79 Å². The van der Waals surface area contributed by atoms with Crippen LogP contribution in [0.5, 0.6) is 5.75 Å². The number of hydrogen-bond donors (Lipinski definition) is 1. The lowest BCUT2D eigenvalue weighted by Gasteiger charge is -2.36. The van der Waals surface area contributed by atoms with Crippen molar-refractivity contribution in [1.82, 2.24) is 4.90 Å². The molecule has 172 valence electrons. The fraction of sp³-hybridized carbons (Fsp3) is 0.462. The molecular weight excluding hydrogens is 402 g/mol. The molecule has 1 N–H and O–H groups in total. The first-order valence-corrected chi connectivity index (χ1v) is 11.7. The highest BCUT2D eigenvalue weighted by Crippen LogP contribution is 2.21. The first-order valence-electron chi connectivity index (χ1n) is 11.7. The summed E-state index contributed by atoms with van der Waals surface area (Å²) in [5, 5.41) is 2.93. The van der Waals surface area contributed by atoms with Gasteiger partial charge in [0.05, 0.1) is 7.11 Å². The van der Waals surface area contributed by atoms with Gasteiger partial charge in [-0.05, 0) is 55.0 Å². The Balaban J connectivity index is 1.44. The van der Waals surface area contributed by atoms with Crippen LogP contribution in [0.25, 0.3) is 0 Å². The summed E-state index contributed by atoms with van der Waals surface area (Å²) in [4.78, 5) is 29.2. The van der Waals surface area contributed by atoms with E-state index in [-0.39, 0.29) is 11.8 Å². The molecule has 0 aromatic heterocycles. The standard InChI is InChI=1S/C26H35N3O3/c1-3-4-5-6-7-8-25(30)29-19-17-28(18-20-29)23-13-11-22(12-14-23)27-26(31)21-9-15-24(32-2)16-10-21/h9-16H,3-8,17-20H2,1-2H3,(H,27,31). The molecule has 0 spiro atoms. The van der Waals surface area contributed by atoms with Crippen molar-refractivity contribution in [2.75, 3.05) is 43.5 Å². The summed E-state index contributed by atoms with van der Waals surface area (Å²) in [7, 11) is 1.60. The number of ether oxygens (including phenoxy) is 1. The van der Waals surface area contributed by atoms with Gasteiger partial charge >= 0.3 is 0 Å². The number of nitrogens with one attached hydrogen (secondary N) is 1. The normalized spacial score (nSPS) is 13.7. The number of carbonyl (C=O) groups excluding carboxylic acids is 2. The molecule has 0 radical (unpaired) electrons. The molecule has 0 unspecified atom stereocenters. The minimum atomic E-state index is -0.151. The van der Waals surface area contributed by atoms with Crippen LogP contribution in [-0.4, -0.2) is 50.0 Å². The van der Waals surface area contributed by atoms with Crippen molar-refractivity contribution in [3.05, 3.63) is 54.1 Å². The number of hydrogen-bond acceptors (Lipinski definition) is 4. The number of nitrogens with zero attached hydrogens (tertiary/aromatic N) is 2. The Kier molecular flexibility index (Phi) is 8.96. The quantitative estimate of drug-likeness (QED) is 0.534. The van der Waals surface area contributed by atoms with Crippen molar-refractivity contribution in [2.24, 2.45) is 0 Å². The van der Waals surface area contributed by atoms with Crippen molar-refractivity contribution in [3.63, 3.8) is 0 Å². The van der Waals surface area contributed by atoms with Crippen LogP contribution in [0, 0.1) is 0 Å². The maximum Gasteiger partial charge on any atom is 0.255 e. The molecule has 0 aliphatic carbocycles. The van der Waals surface area contributed by atoms with E-state index in [0.717, 1.165) is 56.1 Å². The topological polar surface area (TPSA) is 61.9 Å². The van der Waals surface area contributed by atoms with Gasteiger partial charge in [-0.15, -0.1) is 0 Å². The average Bonchev–Trinajstić information content (AvgIpc) is 2.84. The Labute approximate surface area is 191 Å². The van der Waals surface area contributed by atoms with Crippen molar-refractivity contribution in [3.8, 4) is 5.75 Å². The molecule has 6 heteroatoms. The molecule has 0 saturated carbocycles. The summed E-state index contributed by atoms with van der Waals surface area (Å²) in [6.45, 7) is 5.41. The zero-order valence-electron chi connectivity index (χ0n) is 19.3. The maximum atomic E-state index is 12.4. The van der Waals surface area contributed by atoms with Crippen LogP contribution >= 0.6 is 0 Å². The lowest BCUT2D eigenvalue weighted by Crippen LogP contribution is -2.48. The molecule has 3 rings (SSSR count). The van der Waals surface area contributed by atoms with Gasteiger partial charge in [-0.3, -0.25) is 9.59 Å². The molecule has 2 amide bonds. The van der Waals surface area contributed by atoms with Crippen molar-refractivity contribution >= 4 is 23.2 Å². The Hall–Kier alpha value is -3.02. The fourth-order valence-electron chi connectivity index (χ4n) is 3.95. The van der Waals surface area contributed by atoms with Gasteiger partial charge in [0.25, 0.3) is 5.91 Å². The van der Waals surface area contributed by atoms with E-state index in [4.69, 9.17) is 4.74 Å². The minimum Gasteiger partial charge on any atom is -0.497 e. The Morgan fingerprint density at radius 1 is 0.875 bits per heavy atom. The lowest BCUT2D eigenvalue weighted by molar-refractivity contribution is -0.131. The summed E-state index contributed by atoms with van der Waals surface area (Å²) in [6.07, 6.45) is 6.55. The summed E-state index contributed by atoms with van der Waals surface area (Å²) >= 11 is 0. The van der Waals surface area contributed by atoms with E-state index < -0.39 is 0 Å². The van der Waals surface area contributed by atoms with Crippen LogP contribution < -0.4 is 15.0 Å². The van der Waals surface area contributed by atoms with Crippen molar-refractivity contribution in [1.29, 1.82) is 0 Å². The molecule has 32 heavy (non-hydrogen) atoms. The largest absolute Gasteiger partial charge is 0.497 e. The van der Waals surface area contributed by atoms with Crippen LogP contribution in [0.1, 0.15) is 55.8 Å². The molecule has 1 heterocycles. The van der Waals surface area contributed by atoms with E-state index in [2.05, 4.69) is 17.1 Å². The van der Waals surface area contributed by atoms with E-state index in [0.29, 0.717) is 12.0 Å². The van der Waals surface area contributed by atoms with Crippen LogP contribution in [0.2, 0.25) is 0 Å². The van der Waals surface area contributed by atoms with Gasteiger partial charge in [-0.25, -0.2) is 0 Å². The van der Waals surface area contributed by atoms with E-state index >= 15 is 0 Å². The summed E-state index contributed by atoms with van der Waals surface area (Å²) < 4.78 is 5.13. The molecule has 1 aliphatic rings. The van der Waals surface area contributed by atoms with Crippen LogP contribution in [0.15, 0.2) is 48.5 Å². The predicted molar refractivity (Wildman–Crippen MR) is 130 cm³/mol. The number of piperazine rings is 1. The monoisotopic (exact) mass is 437 g/mol. The third-order valence-electron chi connectivity index (χ3n) is 5.97. The van der Waals surface area contributed by atoms with E-state index in [9.17, 15) is 9.59 Å². The molecule has 2 aromatic rings. The number of rotatable bonds is 10. The summed E-state index contributed by atoms with van der Waals surface area (Å²) in [5.41, 5.74) is 2.45. The van der Waals surface area contributed by atoms with Gasteiger partial charge < -0.3 is 19.9 Å². The summed E-state index contributed by atoms with van der Waals surface area (Å²) in [6, 6.07) is 14.9. The third kappa shape index (κ3) is 6.74. The number of methoxy groups -OCH3 is 1. The molecule has 1 fully saturated rings. The molecule has 2 aromatic carbocycles. The number of carbonyl (C=O) groups is 2. The number of anilines is 2. The van der Waals surface area contributed by atoms with Gasteiger partial charge in [-0.1, -0.05) is 32.6 Å². The van der Waals surface area contributed by atoms with Gasteiger partial charge in [0.2, 0.25) is 5.91 Å². The predicted octanol–water partition coefficient (Wildman–Crippen LogP) is 4.96. The SMILES string of the molecule is CCCCCCCC(=O)N1CCN(c2ccc(NC(=O)c3ccc(OC)cc3)cc2)CC1. The molecule has 0 atom stereocenters. The van der Waals surface area contributed by atoms with Crippen molar-refractivity contribution < 1.29 is 14.3 Å². The first-order chi connectivity index (χ1) is 15.6. The summed E-state index contributed by atoms with van der Waals surface area (Å²) in [5.74, 6) is 0.861. The Bertz CT molecular complexity index is 857. The highest BCUT2D eigenvalue weighted by Gasteiger charge is 2.21. The number of amides is 2. The van der Waals surface area contributed by atoms with Crippen LogP contribution in [0.4, 0.5) is 11.4 Å². The van der Waals surface area contributed by atoms with Gasteiger partial charge in [-0.2, -0.15) is 0 Å². The van der Waals surface area contributed by atoms with Crippen LogP contribution in [0.3, 0.4) is 0 Å². The Morgan fingerprint density at radius 2 is 1.53 bits per heavy atom. The average molecular weight is 438 g/mol. The number of unbranched alkanes of at least 4 members (excludes halogenated alkanes) is 4. The maximum absolute atomic E-state index is 12.4. The highest BCUT2D eigenvalue weighted by atomic mass is 16.5. The third-order valence-corrected chi connectivity index (χ3v) is 5.97. The van der Waals surface area contributed by atoms with Gasteiger partial charge in [0.15, 0.2) is 0 Å².